The van der Waals surface area contributed by atoms with Crippen molar-refractivity contribution in [2.75, 3.05) is 57.3 Å². The molecule has 35 heavy (non-hydrogen) atoms. The monoisotopic (exact) mass is 540 g/mol. The SMILES string of the molecule is C1CNCCN1.Fc1ccc2cc(Br)ccc2c1.Fc1ccc2cc(N3CCNCC3)ccc2c1. The Morgan fingerprint density at radius 2 is 1.00 bits per heavy atom. The van der Waals surface area contributed by atoms with E-state index in [2.05, 4.69) is 48.9 Å². The maximum atomic E-state index is 13.1. The van der Waals surface area contributed by atoms with Gasteiger partial charge in [0, 0.05) is 62.5 Å². The van der Waals surface area contributed by atoms with E-state index in [0.29, 0.717) is 0 Å². The van der Waals surface area contributed by atoms with Crippen LogP contribution in [0.25, 0.3) is 21.5 Å². The summed E-state index contributed by atoms with van der Waals surface area (Å²) < 4.78 is 26.8. The molecular formula is C28H31BrF2N4. The number of hydrogen-bond donors (Lipinski definition) is 3. The summed E-state index contributed by atoms with van der Waals surface area (Å²) >= 11 is 3.36. The van der Waals surface area contributed by atoms with Gasteiger partial charge >= 0.3 is 0 Å². The number of nitrogens with one attached hydrogen (secondary N) is 3. The molecule has 2 aliphatic heterocycles. The van der Waals surface area contributed by atoms with Gasteiger partial charge in [-0.25, -0.2) is 8.78 Å². The quantitative estimate of drug-likeness (QED) is 0.306. The number of halogens is 3. The number of nitrogens with zero attached hydrogens (tertiary/aromatic N) is 1. The third-order valence-corrected chi connectivity index (χ3v) is 6.48. The Labute approximate surface area is 213 Å². The van der Waals surface area contributed by atoms with Gasteiger partial charge in [-0.05, 0) is 70.1 Å². The molecule has 4 aromatic rings. The smallest absolute Gasteiger partial charge is 0.123 e. The second kappa shape index (κ2) is 12.9. The summed E-state index contributed by atoms with van der Waals surface area (Å²) in [6.07, 6.45) is 0. The summed E-state index contributed by atoms with van der Waals surface area (Å²) in [5, 5.41) is 13.8. The van der Waals surface area contributed by atoms with E-state index < -0.39 is 0 Å². The molecule has 0 atom stereocenters. The van der Waals surface area contributed by atoms with Crippen LogP contribution >= 0.6 is 15.9 Å². The fourth-order valence-electron chi connectivity index (χ4n) is 4.11. The van der Waals surface area contributed by atoms with Gasteiger partial charge < -0.3 is 20.9 Å². The molecular weight excluding hydrogens is 510 g/mol. The number of fused-ring (bicyclic) bond motifs is 2. The molecule has 0 saturated carbocycles. The van der Waals surface area contributed by atoms with Crippen molar-refractivity contribution >= 4 is 43.2 Å². The topological polar surface area (TPSA) is 39.3 Å². The minimum atomic E-state index is -0.190. The lowest BCUT2D eigenvalue weighted by atomic mass is 10.1. The lowest BCUT2D eigenvalue weighted by molar-refractivity contribution is 0.534. The summed E-state index contributed by atoms with van der Waals surface area (Å²) in [4.78, 5) is 2.36. The summed E-state index contributed by atoms with van der Waals surface area (Å²) in [6, 6.07) is 21.7. The van der Waals surface area contributed by atoms with E-state index in [9.17, 15) is 8.78 Å². The van der Waals surface area contributed by atoms with Gasteiger partial charge in [-0.2, -0.15) is 0 Å². The molecule has 0 aromatic heterocycles. The standard InChI is InChI=1S/C14H15FN2.C10H6BrF.C4H10N2/c15-13-3-1-12-10-14(4-2-11(12)9-13)17-7-5-16-6-8-17;11-9-3-1-8-6-10(12)4-2-7(8)5-9;1-2-6-4-3-5-1/h1-4,9-10,16H,5-8H2;1-6H;5-6H,1-4H2. The Bertz CT molecular complexity index is 1190. The van der Waals surface area contributed by atoms with Crippen LogP contribution in [-0.2, 0) is 0 Å². The van der Waals surface area contributed by atoms with E-state index in [4.69, 9.17) is 0 Å². The third kappa shape index (κ3) is 7.70. The van der Waals surface area contributed by atoms with E-state index in [1.807, 2.05) is 30.3 Å². The highest BCUT2D eigenvalue weighted by atomic mass is 79.9. The molecule has 0 amide bonds. The number of piperazine rings is 2. The van der Waals surface area contributed by atoms with Crippen molar-refractivity contribution in [2.45, 2.75) is 0 Å². The normalized spacial score (nSPS) is 15.7. The van der Waals surface area contributed by atoms with Gasteiger partial charge in [0.25, 0.3) is 0 Å². The van der Waals surface area contributed by atoms with Crippen LogP contribution < -0.4 is 20.9 Å². The molecule has 7 heteroatoms. The highest BCUT2D eigenvalue weighted by molar-refractivity contribution is 9.10. The molecule has 2 saturated heterocycles. The Balaban J connectivity index is 0.000000139. The van der Waals surface area contributed by atoms with Gasteiger partial charge in [-0.15, -0.1) is 0 Å². The molecule has 0 radical (unpaired) electrons. The number of benzene rings is 4. The molecule has 2 fully saturated rings. The summed E-state index contributed by atoms with van der Waals surface area (Å²) in [7, 11) is 0. The van der Waals surface area contributed by atoms with Crippen molar-refractivity contribution in [1.82, 2.24) is 16.0 Å². The van der Waals surface area contributed by atoms with Gasteiger partial charge in [-0.1, -0.05) is 40.2 Å². The van der Waals surface area contributed by atoms with Crippen molar-refractivity contribution in [3.05, 3.63) is 88.9 Å². The maximum Gasteiger partial charge on any atom is 0.123 e. The second-order valence-corrected chi connectivity index (χ2v) is 9.46. The fourth-order valence-corrected chi connectivity index (χ4v) is 4.49. The van der Waals surface area contributed by atoms with Crippen LogP contribution in [-0.4, -0.2) is 52.4 Å². The predicted octanol–water partition coefficient (Wildman–Crippen LogP) is 5.31. The minimum absolute atomic E-state index is 0.174. The van der Waals surface area contributed by atoms with Crippen LogP contribution in [0.5, 0.6) is 0 Å². The van der Waals surface area contributed by atoms with Crippen LogP contribution in [0.3, 0.4) is 0 Å². The first-order valence-electron chi connectivity index (χ1n) is 12.0. The Morgan fingerprint density at radius 3 is 1.57 bits per heavy atom. The molecule has 4 aromatic carbocycles. The largest absolute Gasteiger partial charge is 0.369 e. The summed E-state index contributed by atoms with van der Waals surface area (Å²) in [5.74, 6) is -0.364. The van der Waals surface area contributed by atoms with Gasteiger partial charge in [0.1, 0.15) is 11.6 Å². The van der Waals surface area contributed by atoms with Crippen LogP contribution in [0.15, 0.2) is 77.3 Å². The number of anilines is 1. The zero-order valence-corrected chi connectivity index (χ0v) is 21.3. The lowest BCUT2D eigenvalue weighted by Gasteiger charge is -2.29. The highest BCUT2D eigenvalue weighted by Crippen LogP contribution is 2.23. The number of rotatable bonds is 1. The van der Waals surface area contributed by atoms with Gasteiger partial charge in [0.2, 0.25) is 0 Å². The maximum absolute atomic E-state index is 13.1. The Morgan fingerprint density at radius 1 is 0.543 bits per heavy atom. The Hall–Kier alpha value is -2.58. The molecule has 4 nitrogen and oxygen atoms in total. The zero-order chi connectivity index (χ0) is 24.5. The first-order chi connectivity index (χ1) is 17.1. The molecule has 184 valence electrons. The van der Waals surface area contributed by atoms with Crippen molar-refractivity contribution < 1.29 is 8.78 Å². The van der Waals surface area contributed by atoms with Crippen molar-refractivity contribution in [2.24, 2.45) is 0 Å². The van der Waals surface area contributed by atoms with Gasteiger partial charge in [0.05, 0.1) is 0 Å². The van der Waals surface area contributed by atoms with Gasteiger partial charge in [0.15, 0.2) is 0 Å². The van der Waals surface area contributed by atoms with E-state index >= 15 is 0 Å². The second-order valence-electron chi connectivity index (χ2n) is 8.55. The van der Waals surface area contributed by atoms with E-state index in [-0.39, 0.29) is 11.6 Å². The van der Waals surface area contributed by atoms with Crippen LogP contribution in [0.4, 0.5) is 14.5 Å². The predicted molar refractivity (Wildman–Crippen MR) is 146 cm³/mol. The molecule has 3 N–H and O–H groups in total. The third-order valence-electron chi connectivity index (χ3n) is 5.99. The number of hydrogen-bond acceptors (Lipinski definition) is 4. The first kappa shape index (κ1) is 25.5. The van der Waals surface area contributed by atoms with Crippen molar-refractivity contribution in [3.63, 3.8) is 0 Å². The van der Waals surface area contributed by atoms with E-state index in [1.54, 1.807) is 12.1 Å². The molecule has 2 heterocycles. The fraction of sp³-hybridized carbons (Fsp3) is 0.286. The molecule has 0 spiro atoms. The lowest BCUT2D eigenvalue weighted by Crippen LogP contribution is -2.43. The molecule has 0 unspecified atom stereocenters. The molecule has 0 aliphatic carbocycles. The van der Waals surface area contributed by atoms with Crippen molar-refractivity contribution in [1.29, 1.82) is 0 Å². The van der Waals surface area contributed by atoms with E-state index in [0.717, 1.165) is 78.4 Å². The summed E-state index contributed by atoms with van der Waals surface area (Å²) in [5.41, 5.74) is 1.23. The molecule has 2 aliphatic rings. The van der Waals surface area contributed by atoms with Crippen LogP contribution in [0.2, 0.25) is 0 Å². The van der Waals surface area contributed by atoms with Crippen LogP contribution in [0, 0.1) is 11.6 Å². The van der Waals surface area contributed by atoms with E-state index in [1.165, 1.54) is 23.9 Å². The van der Waals surface area contributed by atoms with Crippen LogP contribution in [0.1, 0.15) is 0 Å². The minimum Gasteiger partial charge on any atom is -0.369 e. The Kier molecular flexibility index (Phi) is 9.42. The molecule has 0 bridgehead atoms. The van der Waals surface area contributed by atoms with Crippen molar-refractivity contribution in [3.8, 4) is 0 Å². The first-order valence-corrected chi connectivity index (χ1v) is 12.8. The average Bonchev–Trinajstić information content (AvgIpc) is 2.91. The average molecular weight is 541 g/mol. The zero-order valence-electron chi connectivity index (χ0n) is 19.7. The molecule has 6 rings (SSSR count). The highest BCUT2D eigenvalue weighted by Gasteiger charge is 2.10. The van der Waals surface area contributed by atoms with Gasteiger partial charge in [-0.3, -0.25) is 0 Å². The summed E-state index contributed by atoms with van der Waals surface area (Å²) in [6.45, 7) is 8.68.